The topological polar surface area (TPSA) is 97.4 Å². The van der Waals surface area contributed by atoms with Gasteiger partial charge in [0.2, 0.25) is 0 Å². The molecule has 2 rings (SSSR count). The van der Waals surface area contributed by atoms with E-state index in [1.54, 1.807) is 27.0 Å². The van der Waals surface area contributed by atoms with E-state index in [-0.39, 0.29) is 25.4 Å². The summed E-state index contributed by atoms with van der Waals surface area (Å²) in [6.07, 6.45) is 1.24. The van der Waals surface area contributed by atoms with Crippen molar-refractivity contribution < 1.29 is 37.4 Å². The van der Waals surface area contributed by atoms with Crippen LogP contribution in [0.5, 0.6) is 5.75 Å². The van der Waals surface area contributed by atoms with Gasteiger partial charge < -0.3 is 23.3 Å². The van der Waals surface area contributed by atoms with E-state index in [0.29, 0.717) is 6.61 Å². The Morgan fingerprint density at radius 3 is 2.38 bits per heavy atom. The summed E-state index contributed by atoms with van der Waals surface area (Å²) in [4.78, 5) is 24.3. The van der Waals surface area contributed by atoms with Crippen molar-refractivity contribution in [2.45, 2.75) is 39.1 Å². The second kappa shape index (κ2) is 11.3. The Bertz CT molecular complexity index is 748. The van der Waals surface area contributed by atoms with E-state index in [1.807, 2.05) is 24.3 Å². The number of hydrogen-bond acceptors (Lipinski definition) is 8. The van der Waals surface area contributed by atoms with Gasteiger partial charge in [0.1, 0.15) is 11.9 Å². The number of methoxy groups -OCH3 is 1. The SMILES string of the molecule is CCOP(=O)(CC(=O)O[C@@H]1C[C@H](OCc2ccc(OC)cc2)C=CC1=O)OCC. The fraction of sp³-hybridized carbons (Fsp3) is 0.500. The van der Waals surface area contributed by atoms with Gasteiger partial charge in [-0.1, -0.05) is 18.2 Å². The molecular weight excluding hydrogens is 399 g/mol. The number of carbonyl (C=O) groups excluding carboxylic acids is 2. The Labute approximate surface area is 170 Å². The zero-order valence-corrected chi connectivity index (χ0v) is 17.8. The Kier molecular flexibility index (Phi) is 9.04. The molecule has 160 valence electrons. The predicted octanol–water partition coefficient (Wildman–Crippen LogP) is 3.29. The normalized spacial score (nSPS) is 19.2. The monoisotopic (exact) mass is 426 g/mol. The van der Waals surface area contributed by atoms with Gasteiger partial charge in [-0.25, -0.2) is 0 Å². The van der Waals surface area contributed by atoms with E-state index in [2.05, 4.69) is 0 Å². The molecule has 1 aliphatic rings. The average molecular weight is 426 g/mol. The molecule has 8 nitrogen and oxygen atoms in total. The Morgan fingerprint density at radius 1 is 1.14 bits per heavy atom. The van der Waals surface area contributed by atoms with Crippen LogP contribution in [0.4, 0.5) is 0 Å². The standard InChI is InChI=1S/C20H27O8P/c1-4-26-29(23,27-5-2)14-20(22)28-19-12-17(10-11-18(19)21)25-13-15-6-8-16(24-3)9-7-15/h6-11,17,19H,4-5,12-14H2,1-3H3/t17-,19-/m1/s1. The summed E-state index contributed by atoms with van der Waals surface area (Å²) in [5.74, 6) is -0.400. The van der Waals surface area contributed by atoms with Gasteiger partial charge in [0.05, 0.1) is 33.0 Å². The summed E-state index contributed by atoms with van der Waals surface area (Å²) in [5.41, 5.74) is 0.944. The van der Waals surface area contributed by atoms with Gasteiger partial charge in [-0.15, -0.1) is 0 Å². The van der Waals surface area contributed by atoms with Gasteiger partial charge in [0, 0.05) is 6.42 Å². The lowest BCUT2D eigenvalue weighted by Gasteiger charge is -2.24. The van der Waals surface area contributed by atoms with Gasteiger partial charge in [-0.2, -0.15) is 0 Å². The molecule has 0 N–H and O–H groups in total. The van der Waals surface area contributed by atoms with Crippen LogP contribution in [0, 0.1) is 0 Å². The molecule has 0 saturated carbocycles. The summed E-state index contributed by atoms with van der Waals surface area (Å²) in [6.45, 7) is 3.90. The van der Waals surface area contributed by atoms with Crippen LogP contribution < -0.4 is 4.74 Å². The van der Waals surface area contributed by atoms with Crippen molar-refractivity contribution in [1.82, 2.24) is 0 Å². The zero-order valence-electron chi connectivity index (χ0n) is 16.9. The van der Waals surface area contributed by atoms with Crippen LogP contribution >= 0.6 is 7.60 Å². The Balaban J connectivity index is 1.89. The molecule has 1 aliphatic carbocycles. The molecule has 0 aliphatic heterocycles. The van der Waals surface area contributed by atoms with E-state index in [4.69, 9.17) is 23.3 Å². The molecule has 1 aromatic rings. The summed E-state index contributed by atoms with van der Waals surface area (Å²) in [6, 6.07) is 7.43. The van der Waals surface area contributed by atoms with E-state index in [9.17, 15) is 14.2 Å². The highest BCUT2D eigenvalue weighted by molar-refractivity contribution is 7.54. The molecule has 2 atom stereocenters. The van der Waals surface area contributed by atoms with Crippen LogP contribution in [0.15, 0.2) is 36.4 Å². The lowest BCUT2D eigenvalue weighted by atomic mass is 10.0. The number of rotatable bonds is 11. The molecule has 0 amide bonds. The smallest absolute Gasteiger partial charge is 0.341 e. The molecule has 0 radical (unpaired) electrons. The number of esters is 1. The van der Waals surface area contributed by atoms with Crippen LogP contribution in [-0.4, -0.2) is 50.4 Å². The Hall–Kier alpha value is -1.99. The molecule has 1 aromatic carbocycles. The highest BCUT2D eigenvalue weighted by Gasteiger charge is 2.33. The fourth-order valence-electron chi connectivity index (χ4n) is 2.75. The minimum Gasteiger partial charge on any atom is -0.497 e. The van der Waals surface area contributed by atoms with Gasteiger partial charge >= 0.3 is 13.6 Å². The molecule has 0 saturated heterocycles. The van der Waals surface area contributed by atoms with Crippen LogP contribution in [0.3, 0.4) is 0 Å². The quantitative estimate of drug-likeness (QED) is 0.393. The Morgan fingerprint density at radius 2 is 1.79 bits per heavy atom. The van der Waals surface area contributed by atoms with Crippen molar-refractivity contribution in [1.29, 1.82) is 0 Å². The molecule has 0 aromatic heterocycles. The third-order valence-corrected chi connectivity index (χ3v) is 6.06. The second-order valence-electron chi connectivity index (χ2n) is 6.28. The highest BCUT2D eigenvalue weighted by Crippen LogP contribution is 2.47. The van der Waals surface area contributed by atoms with Crippen molar-refractivity contribution in [2.75, 3.05) is 26.5 Å². The van der Waals surface area contributed by atoms with Gasteiger partial charge in [0.25, 0.3) is 0 Å². The predicted molar refractivity (Wildman–Crippen MR) is 106 cm³/mol. The number of carbonyl (C=O) groups is 2. The van der Waals surface area contributed by atoms with Crippen molar-refractivity contribution >= 4 is 19.3 Å². The number of hydrogen-bond donors (Lipinski definition) is 0. The first-order chi connectivity index (χ1) is 13.9. The van der Waals surface area contributed by atoms with Crippen molar-refractivity contribution in [3.8, 4) is 5.75 Å². The van der Waals surface area contributed by atoms with Crippen LogP contribution in [0.1, 0.15) is 25.8 Å². The van der Waals surface area contributed by atoms with E-state index < -0.39 is 31.9 Å². The van der Waals surface area contributed by atoms with Gasteiger partial charge in [-0.3, -0.25) is 14.2 Å². The first-order valence-corrected chi connectivity index (χ1v) is 11.2. The first-order valence-electron chi connectivity index (χ1n) is 9.43. The zero-order chi connectivity index (χ0) is 21.3. The van der Waals surface area contributed by atoms with Crippen molar-refractivity contribution in [2.24, 2.45) is 0 Å². The maximum Gasteiger partial charge on any atom is 0.341 e. The molecule has 0 bridgehead atoms. The van der Waals surface area contributed by atoms with E-state index in [0.717, 1.165) is 11.3 Å². The molecule has 0 heterocycles. The average Bonchev–Trinajstić information content (AvgIpc) is 2.69. The van der Waals surface area contributed by atoms with Crippen LogP contribution in [0.25, 0.3) is 0 Å². The summed E-state index contributed by atoms with van der Waals surface area (Å²) in [7, 11) is -1.99. The molecule has 0 fully saturated rings. The summed E-state index contributed by atoms with van der Waals surface area (Å²) in [5, 5.41) is 0. The number of benzene rings is 1. The summed E-state index contributed by atoms with van der Waals surface area (Å²) < 4.78 is 38.8. The molecule has 9 heteroatoms. The largest absolute Gasteiger partial charge is 0.497 e. The third kappa shape index (κ3) is 7.40. The van der Waals surface area contributed by atoms with Gasteiger partial charge in [0.15, 0.2) is 11.9 Å². The molecule has 0 spiro atoms. The lowest BCUT2D eigenvalue weighted by molar-refractivity contribution is -0.153. The maximum absolute atomic E-state index is 12.4. The maximum atomic E-state index is 12.4. The molecule has 29 heavy (non-hydrogen) atoms. The minimum absolute atomic E-state index is 0.136. The third-order valence-electron chi connectivity index (χ3n) is 4.11. The van der Waals surface area contributed by atoms with Crippen molar-refractivity contribution in [3.05, 3.63) is 42.0 Å². The van der Waals surface area contributed by atoms with Crippen LogP contribution in [-0.2, 0) is 39.3 Å². The minimum atomic E-state index is -3.58. The number of ether oxygens (including phenoxy) is 3. The van der Waals surface area contributed by atoms with E-state index in [1.165, 1.54) is 6.08 Å². The highest BCUT2D eigenvalue weighted by atomic mass is 31.2. The lowest BCUT2D eigenvalue weighted by Crippen LogP contribution is -2.34. The summed E-state index contributed by atoms with van der Waals surface area (Å²) >= 11 is 0. The second-order valence-corrected chi connectivity index (χ2v) is 8.33. The molecule has 0 unspecified atom stereocenters. The number of ketones is 1. The van der Waals surface area contributed by atoms with Crippen LogP contribution in [0.2, 0.25) is 0 Å². The van der Waals surface area contributed by atoms with Crippen molar-refractivity contribution in [3.63, 3.8) is 0 Å². The first kappa shape index (κ1) is 23.3. The van der Waals surface area contributed by atoms with Gasteiger partial charge in [-0.05, 0) is 37.6 Å². The van der Waals surface area contributed by atoms with E-state index >= 15 is 0 Å². The molecular formula is C20H27O8P. The fourth-order valence-corrected chi connectivity index (χ4v) is 4.18.